The van der Waals surface area contributed by atoms with Gasteiger partial charge in [-0.15, -0.1) is 0 Å². The third-order valence-electron chi connectivity index (χ3n) is 5.77. The van der Waals surface area contributed by atoms with Gasteiger partial charge in [0.1, 0.15) is 0 Å². The van der Waals surface area contributed by atoms with Gasteiger partial charge in [-0.1, -0.05) is 19.8 Å². The topological polar surface area (TPSA) is 30.5 Å². The number of nitrogens with one attached hydrogen (secondary N) is 1. The van der Waals surface area contributed by atoms with Crippen molar-refractivity contribution in [2.75, 3.05) is 26.4 Å². The van der Waals surface area contributed by atoms with E-state index in [1.165, 1.54) is 51.4 Å². The van der Waals surface area contributed by atoms with Crippen LogP contribution in [0.4, 0.5) is 0 Å². The SMILES string of the molecule is CCNC(C1CCOCC1)C1CCOC2(CCCC2)C1. The molecule has 3 aliphatic rings. The number of ether oxygens (including phenoxy) is 2. The maximum atomic E-state index is 6.22. The van der Waals surface area contributed by atoms with E-state index < -0.39 is 0 Å². The fourth-order valence-corrected chi connectivity index (χ4v) is 4.77. The van der Waals surface area contributed by atoms with Crippen LogP contribution >= 0.6 is 0 Å². The number of hydrogen-bond acceptors (Lipinski definition) is 3. The molecule has 0 aromatic heterocycles. The van der Waals surface area contributed by atoms with Crippen LogP contribution in [0.25, 0.3) is 0 Å². The summed E-state index contributed by atoms with van der Waals surface area (Å²) < 4.78 is 11.8. The largest absolute Gasteiger partial charge is 0.381 e. The van der Waals surface area contributed by atoms with Gasteiger partial charge >= 0.3 is 0 Å². The summed E-state index contributed by atoms with van der Waals surface area (Å²) in [4.78, 5) is 0. The molecule has 2 aliphatic heterocycles. The third kappa shape index (κ3) is 3.20. The first-order chi connectivity index (χ1) is 9.83. The highest BCUT2D eigenvalue weighted by atomic mass is 16.5. The van der Waals surface area contributed by atoms with E-state index in [-0.39, 0.29) is 5.60 Å². The highest BCUT2D eigenvalue weighted by Crippen LogP contribution is 2.44. The van der Waals surface area contributed by atoms with Crippen molar-refractivity contribution in [1.29, 1.82) is 0 Å². The van der Waals surface area contributed by atoms with Gasteiger partial charge in [-0.3, -0.25) is 0 Å². The number of rotatable bonds is 4. The zero-order chi connectivity index (χ0) is 13.8. The van der Waals surface area contributed by atoms with Crippen molar-refractivity contribution in [3.63, 3.8) is 0 Å². The van der Waals surface area contributed by atoms with Crippen LogP contribution in [0.3, 0.4) is 0 Å². The Morgan fingerprint density at radius 3 is 2.45 bits per heavy atom. The van der Waals surface area contributed by atoms with Gasteiger partial charge in [0.15, 0.2) is 0 Å². The predicted molar refractivity (Wildman–Crippen MR) is 80.9 cm³/mol. The minimum Gasteiger partial charge on any atom is -0.381 e. The van der Waals surface area contributed by atoms with E-state index in [1.54, 1.807) is 0 Å². The molecule has 3 heteroatoms. The van der Waals surface area contributed by atoms with E-state index in [4.69, 9.17) is 9.47 Å². The summed E-state index contributed by atoms with van der Waals surface area (Å²) in [6, 6.07) is 0.685. The molecule has 0 radical (unpaired) electrons. The Hall–Kier alpha value is -0.120. The normalized spacial score (nSPS) is 32.5. The van der Waals surface area contributed by atoms with Gasteiger partial charge in [0.25, 0.3) is 0 Å². The average molecular weight is 281 g/mol. The second kappa shape index (κ2) is 6.76. The molecule has 2 unspecified atom stereocenters. The Bertz CT molecular complexity index is 295. The fourth-order valence-electron chi connectivity index (χ4n) is 4.77. The number of hydrogen-bond donors (Lipinski definition) is 1. The standard InChI is InChI=1S/C17H31NO2/c1-2-18-16(14-5-10-19-11-6-14)15-7-12-20-17(13-15)8-3-4-9-17/h14-16,18H,2-13H2,1H3. The zero-order valence-corrected chi connectivity index (χ0v) is 13.0. The third-order valence-corrected chi connectivity index (χ3v) is 5.77. The van der Waals surface area contributed by atoms with Crippen LogP contribution < -0.4 is 5.32 Å². The first-order valence-corrected chi connectivity index (χ1v) is 8.78. The molecule has 3 fully saturated rings. The lowest BCUT2D eigenvalue weighted by molar-refractivity contribution is -0.103. The molecule has 116 valence electrons. The molecule has 1 aliphatic carbocycles. The van der Waals surface area contributed by atoms with Crippen molar-refractivity contribution in [2.24, 2.45) is 11.8 Å². The van der Waals surface area contributed by atoms with Crippen molar-refractivity contribution in [2.45, 2.75) is 69.9 Å². The second-order valence-corrected chi connectivity index (χ2v) is 7.02. The van der Waals surface area contributed by atoms with Crippen molar-refractivity contribution in [3.8, 4) is 0 Å². The summed E-state index contributed by atoms with van der Waals surface area (Å²) in [7, 11) is 0. The van der Waals surface area contributed by atoms with E-state index >= 15 is 0 Å². The van der Waals surface area contributed by atoms with Gasteiger partial charge in [0.2, 0.25) is 0 Å². The van der Waals surface area contributed by atoms with Crippen molar-refractivity contribution in [3.05, 3.63) is 0 Å². The Morgan fingerprint density at radius 2 is 1.75 bits per heavy atom. The Morgan fingerprint density at radius 1 is 1.05 bits per heavy atom. The van der Waals surface area contributed by atoms with Gasteiger partial charge in [-0.25, -0.2) is 0 Å². The highest BCUT2D eigenvalue weighted by Gasteiger charge is 2.43. The molecule has 1 spiro atoms. The van der Waals surface area contributed by atoms with Gasteiger partial charge in [0.05, 0.1) is 5.60 Å². The monoisotopic (exact) mass is 281 g/mol. The molecule has 2 atom stereocenters. The maximum absolute atomic E-state index is 6.22. The van der Waals surface area contributed by atoms with Crippen LogP contribution in [0.15, 0.2) is 0 Å². The van der Waals surface area contributed by atoms with E-state index in [0.29, 0.717) is 6.04 Å². The lowest BCUT2D eigenvalue weighted by atomic mass is 9.74. The molecule has 1 N–H and O–H groups in total. The molecule has 0 amide bonds. The molecule has 20 heavy (non-hydrogen) atoms. The van der Waals surface area contributed by atoms with E-state index in [9.17, 15) is 0 Å². The molecule has 1 saturated carbocycles. The molecule has 2 saturated heterocycles. The lowest BCUT2D eigenvalue weighted by Gasteiger charge is -2.44. The average Bonchev–Trinajstić information content (AvgIpc) is 2.93. The fraction of sp³-hybridized carbons (Fsp3) is 1.00. The minimum absolute atomic E-state index is 0.252. The quantitative estimate of drug-likeness (QED) is 0.859. The van der Waals surface area contributed by atoms with Gasteiger partial charge in [0, 0.05) is 25.9 Å². The summed E-state index contributed by atoms with van der Waals surface area (Å²) in [6.45, 7) is 6.24. The highest BCUT2D eigenvalue weighted by molar-refractivity contribution is 4.96. The summed E-state index contributed by atoms with van der Waals surface area (Å²) in [5, 5.41) is 3.82. The second-order valence-electron chi connectivity index (χ2n) is 7.02. The van der Waals surface area contributed by atoms with Crippen molar-refractivity contribution < 1.29 is 9.47 Å². The summed E-state index contributed by atoms with van der Waals surface area (Å²) in [5.41, 5.74) is 0.252. The van der Waals surface area contributed by atoms with Gasteiger partial charge in [-0.2, -0.15) is 0 Å². The molecule has 0 aromatic carbocycles. The zero-order valence-electron chi connectivity index (χ0n) is 13.0. The molecular formula is C17H31NO2. The molecule has 3 rings (SSSR count). The van der Waals surface area contributed by atoms with Crippen LogP contribution in [0.1, 0.15) is 58.3 Å². The maximum Gasteiger partial charge on any atom is 0.0685 e. The van der Waals surface area contributed by atoms with Crippen LogP contribution in [-0.4, -0.2) is 38.0 Å². The predicted octanol–water partition coefficient (Wildman–Crippen LogP) is 3.13. The summed E-state index contributed by atoms with van der Waals surface area (Å²) in [5.74, 6) is 1.62. The lowest BCUT2D eigenvalue weighted by Crippen LogP contribution is -2.50. The van der Waals surface area contributed by atoms with Crippen LogP contribution in [0.5, 0.6) is 0 Å². The van der Waals surface area contributed by atoms with Gasteiger partial charge < -0.3 is 14.8 Å². The smallest absolute Gasteiger partial charge is 0.0685 e. The van der Waals surface area contributed by atoms with E-state index in [0.717, 1.165) is 38.2 Å². The van der Waals surface area contributed by atoms with Crippen LogP contribution in [-0.2, 0) is 9.47 Å². The molecule has 0 bridgehead atoms. The van der Waals surface area contributed by atoms with Crippen molar-refractivity contribution in [1.82, 2.24) is 5.32 Å². The molecule has 0 aromatic rings. The Labute approximate surface area is 123 Å². The summed E-state index contributed by atoms with van der Waals surface area (Å²) in [6.07, 6.45) is 10.4. The summed E-state index contributed by atoms with van der Waals surface area (Å²) >= 11 is 0. The van der Waals surface area contributed by atoms with E-state index in [1.807, 2.05) is 0 Å². The Balaban J connectivity index is 1.66. The van der Waals surface area contributed by atoms with Crippen molar-refractivity contribution >= 4 is 0 Å². The minimum atomic E-state index is 0.252. The van der Waals surface area contributed by atoms with Crippen LogP contribution in [0.2, 0.25) is 0 Å². The van der Waals surface area contributed by atoms with E-state index in [2.05, 4.69) is 12.2 Å². The molecule has 3 nitrogen and oxygen atoms in total. The first-order valence-electron chi connectivity index (χ1n) is 8.78. The molecule has 2 heterocycles. The van der Waals surface area contributed by atoms with Gasteiger partial charge in [-0.05, 0) is 56.9 Å². The van der Waals surface area contributed by atoms with Crippen LogP contribution in [0, 0.1) is 11.8 Å². The first kappa shape index (κ1) is 14.8. The molecular weight excluding hydrogens is 250 g/mol. The Kier molecular flexibility index (Phi) is 5.00.